The van der Waals surface area contributed by atoms with Crippen molar-refractivity contribution in [2.24, 2.45) is 0 Å². The van der Waals surface area contributed by atoms with Crippen LogP contribution >= 0.6 is 15.9 Å². The van der Waals surface area contributed by atoms with Gasteiger partial charge in [-0.2, -0.15) is 0 Å². The van der Waals surface area contributed by atoms with Gasteiger partial charge in [0.25, 0.3) is 5.91 Å². The smallest absolute Gasteiger partial charge is 0.257 e. The number of rotatable bonds is 8. The quantitative estimate of drug-likeness (QED) is 0.482. The molecule has 30 heavy (non-hydrogen) atoms. The topological polar surface area (TPSA) is 66.0 Å². The van der Waals surface area contributed by atoms with Crippen molar-refractivity contribution in [3.05, 3.63) is 76.3 Å². The van der Waals surface area contributed by atoms with E-state index in [0.717, 1.165) is 5.56 Å². The molecule has 3 aromatic rings. The van der Waals surface area contributed by atoms with Gasteiger partial charge < -0.3 is 24.3 Å². The first-order valence-corrected chi connectivity index (χ1v) is 9.93. The predicted octanol–water partition coefficient (Wildman–Crippen LogP) is 5.31. The molecule has 3 rings (SSSR count). The molecule has 0 aliphatic heterocycles. The summed E-state index contributed by atoms with van der Waals surface area (Å²) in [6.45, 7) is 0.477. The van der Waals surface area contributed by atoms with Gasteiger partial charge in [-0.1, -0.05) is 30.3 Å². The highest BCUT2D eigenvalue weighted by atomic mass is 79.9. The zero-order valence-electron chi connectivity index (χ0n) is 16.9. The maximum absolute atomic E-state index is 12.8. The van der Waals surface area contributed by atoms with E-state index in [1.807, 2.05) is 42.5 Å². The van der Waals surface area contributed by atoms with Crippen LogP contribution in [0.5, 0.6) is 23.0 Å². The van der Waals surface area contributed by atoms with Crippen molar-refractivity contribution in [1.82, 2.24) is 0 Å². The molecule has 0 aliphatic rings. The number of nitrogens with one attached hydrogen (secondary N) is 1. The third-order valence-corrected chi connectivity index (χ3v) is 5.16. The zero-order valence-corrected chi connectivity index (χ0v) is 18.5. The van der Waals surface area contributed by atoms with Crippen molar-refractivity contribution in [1.29, 1.82) is 0 Å². The molecule has 0 unspecified atom stereocenters. The van der Waals surface area contributed by atoms with Crippen molar-refractivity contribution in [3.8, 4) is 23.0 Å². The normalized spacial score (nSPS) is 10.3. The fourth-order valence-corrected chi connectivity index (χ4v) is 3.50. The molecule has 1 amide bonds. The van der Waals surface area contributed by atoms with Crippen LogP contribution in [-0.4, -0.2) is 27.2 Å². The van der Waals surface area contributed by atoms with E-state index in [9.17, 15) is 4.79 Å². The number of halogens is 1. The molecule has 0 saturated heterocycles. The molecule has 0 saturated carbocycles. The summed E-state index contributed by atoms with van der Waals surface area (Å²) in [5, 5.41) is 2.86. The molecule has 0 spiro atoms. The average Bonchev–Trinajstić information content (AvgIpc) is 2.78. The van der Waals surface area contributed by atoms with Crippen LogP contribution in [0.25, 0.3) is 0 Å². The van der Waals surface area contributed by atoms with Crippen molar-refractivity contribution in [2.45, 2.75) is 6.61 Å². The number of hydrogen-bond donors (Lipinski definition) is 1. The summed E-state index contributed by atoms with van der Waals surface area (Å²) in [4.78, 5) is 12.8. The fourth-order valence-electron chi connectivity index (χ4n) is 2.86. The Balaban J connectivity index is 1.73. The highest BCUT2D eigenvalue weighted by Crippen LogP contribution is 2.44. The van der Waals surface area contributed by atoms with Gasteiger partial charge in [0.1, 0.15) is 12.4 Å². The Labute approximate surface area is 183 Å². The number of amides is 1. The summed E-state index contributed by atoms with van der Waals surface area (Å²) in [5.74, 6) is 1.58. The summed E-state index contributed by atoms with van der Waals surface area (Å²) in [6, 6.07) is 18.7. The molecule has 0 aliphatic carbocycles. The fraction of sp³-hybridized carbons (Fsp3) is 0.174. The second-order valence-corrected chi connectivity index (χ2v) is 7.05. The summed E-state index contributed by atoms with van der Waals surface area (Å²) < 4.78 is 22.3. The van der Waals surface area contributed by atoms with Crippen LogP contribution < -0.4 is 24.3 Å². The minimum atomic E-state index is -0.320. The van der Waals surface area contributed by atoms with E-state index >= 15 is 0 Å². The number of hydrogen-bond acceptors (Lipinski definition) is 5. The van der Waals surface area contributed by atoms with E-state index in [2.05, 4.69) is 21.2 Å². The molecular formula is C23H22BrNO5. The first kappa shape index (κ1) is 21.5. The number of carbonyl (C=O) groups excluding carboxylic acids is 1. The second kappa shape index (κ2) is 10.0. The lowest BCUT2D eigenvalue weighted by atomic mass is 10.1. The van der Waals surface area contributed by atoms with Gasteiger partial charge in [-0.15, -0.1) is 0 Å². The zero-order chi connectivity index (χ0) is 21.5. The van der Waals surface area contributed by atoms with Crippen LogP contribution in [0.15, 0.2) is 65.1 Å². The van der Waals surface area contributed by atoms with Crippen LogP contribution in [0.1, 0.15) is 15.9 Å². The number of methoxy groups -OCH3 is 3. The van der Waals surface area contributed by atoms with Gasteiger partial charge in [-0.05, 0) is 51.8 Å². The third-order valence-electron chi connectivity index (χ3n) is 4.37. The lowest BCUT2D eigenvalue weighted by Crippen LogP contribution is -2.13. The standard InChI is InChI=1S/C23H22BrNO5/c1-27-19-13-18(20(24)22(29-3)21(19)28-2)23(26)25-16-9-11-17(12-10-16)30-14-15-7-5-4-6-8-15/h4-13H,14H2,1-3H3,(H,25,26). The minimum absolute atomic E-state index is 0.320. The van der Waals surface area contributed by atoms with Gasteiger partial charge in [0.15, 0.2) is 11.5 Å². The van der Waals surface area contributed by atoms with Gasteiger partial charge in [0, 0.05) is 5.69 Å². The summed E-state index contributed by atoms with van der Waals surface area (Å²) in [6.07, 6.45) is 0. The molecule has 0 heterocycles. The number of benzene rings is 3. The Morgan fingerprint density at radius 1 is 0.900 bits per heavy atom. The monoisotopic (exact) mass is 471 g/mol. The Bertz CT molecular complexity index is 1010. The highest BCUT2D eigenvalue weighted by Gasteiger charge is 2.23. The van der Waals surface area contributed by atoms with E-state index in [4.69, 9.17) is 18.9 Å². The molecule has 0 aromatic heterocycles. The number of carbonyl (C=O) groups is 1. The van der Waals surface area contributed by atoms with Crippen molar-refractivity contribution < 1.29 is 23.7 Å². The van der Waals surface area contributed by atoms with Gasteiger partial charge >= 0.3 is 0 Å². The third kappa shape index (κ3) is 4.86. The van der Waals surface area contributed by atoms with E-state index in [0.29, 0.717) is 45.3 Å². The number of anilines is 1. The van der Waals surface area contributed by atoms with Crippen LogP contribution in [0, 0.1) is 0 Å². The minimum Gasteiger partial charge on any atom is -0.493 e. The Morgan fingerprint density at radius 3 is 2.17 bits per heavy atom. The molecule has 3 aromatic carbocycles. The largest absolute Gasteiger partial charge is 0.493 e. The van der Waals surface area contributed by atoms with Gasteiger partial charge in [-0.3, -0.25) is 4.79 Å². The molecule has 0 fully saturated rings. The lowest BCUT2D eigenvalue weighted by Gasteiger charge is -2.16. The molecule has 156 valence electrons. The predicted molar refractivity (Wildman–Crippen MR) is 119 cm³/mol. The van der Waals surface area contributed by atoms with Crippen LogP contribution in [0.2, 0.25) is 0 Å². The van der Waals surface area contributed by atoms with E-state index in [1.165, 1.54) is 21.3 Å². The van der Waals surface area contributed by atoms with Crippen molar-refractivity contribution >= 4 is 27.5 Å². The maximum Gasteiger partial charge on any atom is 0.257 e. The van der Waals surface area contributed by atoms with Crippen LogP contribution in [0.4, 0.5) is 5.69 Å². The molecule has 0 bridgehead atoms. The molecule has 0 radical (unpaired) electrons. The Hall–Kier alpha value is -3.19. The van der Waals surface area contributed by atoms with Crippen molar-refractivity contribution in [2.75, 3.05) is 26.6 Å². The van der Waals surface area contributed by atoms with Crippen LogP contribution in [0.3, 0.4) is 0 Å². The van der Waals surface area contributed by atoms with Crippen molar-refractivity contribution in [3.63, 3.8) is 0 Å². The van der Waals surface area contributed by atoms with E-state index < -0.39 is 0 Å². The highest BCUT2D eigenvalue weighted by molar-refractivity contribution is 9.10. The summed E-state index contributed by atoms with van der Waals surface area (Å²) >= 11 is 3.42. The summed E-state index contributed by atoms with van der Waals surface area (Å²) in [7, 11) is 4.51. The molecule has 7 heteroatoms. The Morgan fingerprint density at radius 2 is 1.57 bits per heavy atom. The summed E-state index contributed by atoms with van der Waals surface area (Å²) in [5.41, 5.74) is 2.07. The van der Waals surface area contributed by atoms with Gasteiger partial charge in [0.05, 0.1) is 31.4 Å². The first-order chi connectivity index (χ1) is 14.6. The van der Waals surface area contributed by atoms with Gasteiger partial charge in [-0.25, -0.2) is 0 Å². The SMILES string of the molecule is COc1cc(C(=O)Nc2ccc(OCc3ccccc3)cc2)c(Br)c(OC)c1OC. The Kier molecular flexibility index (Phi) is 7.19. The lowest BCUT2D eigenvalue weighted by molar-refractivity contribution is 0.102. The second-order valence-electron chi connectivity index (χ2n) is 6.26. The van der Waals surface area contributed by atoms with Crippen LogP contribution in [-0.2, 0) is 6.61 Å². The maximum atomic E-state index is 12.8. The molecule has 0 atom stereocenters. The average molecular weight is 472 g/mol. The molecule has 1 N–H and O–H groups in total. The number of ether oxygens (including phenoxy) is 4. The molecular weight excluding hydrogens is 450 g/mol. The van der Waals surface area contributed by atoms with E-state index in [-0.39, 0.29) is 5.91 Å². The van der Waals surface area contributed by atoms with E-state index in [1.54, 1.807) is 18.2 Å². The van der Waals surface area contributed by atoms with Gasteiger partial charge in [0.2, 0.25) is 5.75 Å². The molecule has 6 nitrogen and oxygen atoms in total. The first-order valence-electron chi connectivity index (χ1n) is 9.14.